The summed E-state index contributed by atoms with van der Waals surface area (Å²) in [6.45, 7) is 12.4. The normalized spacial score (nSPS) is 15.2. The summed E-state index contributed by atoms with van der Waals surface area (Å²) in [5, 5.41) is 3.72. The number of hydrogen-bond donors (Lipinski definition) is 2. The highest BCUT2D eigenvalue weighted by atomic mass is 35.5. The molecule has 59 heavy (non-hydrogen) atoms. The maximum Gasteiger partial charge on any atom is 0.412 e. The molecule has 2 aliphatic rings. The molecule has 4 aromatic rings. The Kier molecular flexibility index (Phi) is 16.0. The number of hydrogen-bond acceptors (Lipinski definition) is 7. The van der Waals surface area contributed by atoms with E-state index in [2.05, 4.69) is 15.1 Å². The van der Waals surface area contributed by atoms with Crippen LogP contribution in [-0.4, -0.2) is 95.5 Å². The van der Waals surface area contributed by atoms with Gasteiger partial charge in [-0.3, -0.25) is 24.7 Å². The number of carbonyl (C=O) groups is 3. The molecule has 14 heteroatoms. The molecule has 0 saturated carbocycles. The molecular formula is C45H50Cl2F2N6O4. The first kappa shape index (κ1) is 44.8. The van der Waals surface area contributed by atoms with Gasteiger partial charge in [0.05, 0.1) is 5.69 Å². The third-order valence-electron chi connectivity index (χ3n) is 9.52. The molecule has 3 N–H and O–H groups in total. The Hall–Kier alpha value is -5.27. The highest BCUT2D eigenvalue weighted by Gasteiger charge is 2.22. The Morgan fingerprint density at radius 1 is 0.661 bits per heavy atom. The Balaban J connectivity index is 0.000000230. The minimum absolute atomic E-state index is 0.0271. The number of amides is 3. The van der Waals surface area contributed by atoms with Gasteiger partial charge < -0.3 is 20.3 Å². The van der Waals surface area contributed by atoms with E-state index >= 15 is 0 Å². The van der Waals surface area contributed by atoms with E-state index in [9.17, 15) is 23.2 Å². The fourth-order valence-electron chi connectivity index (χ4n) is 6.37. The first-order valence-electron chi connectivity index (χ1n) is 19.3. The van der Waals surface area contributed by atoms with E-state index in [1.165, 1.54) is 30.3 Å². The van der Waals surface area contributed by atoms with Crippen molar-refractivity contribution in [1.29, 1.82) is 0 Å². The van der Waals surface area contributed by atoms with Gasteiger partial charge >= 0.3 is 6.09 Å². The minimum atomic E-state index is -0.631. The van der Waals surface area contributed by atoms with E-state index in [1.54, 1.807) is 105 Å². The molecule has 0 atom stereocenters. The number of piperazine rings is 2. The largest absolute Gasteiger partial charge is 0.444 e. The molecular weight excluding hydrogens is 797 g/mol. The van der Waals surface area contributed by atoms with E-state index in [1.807, 2.05) is 4.90 Å². The van der Waals surface area contributed by atoms with Crippen molar-refractivity contribution in [3.63, 3.8) is 0 Å². The Bertz CT molecular complexity index is 2110. The first-order valence-corrected chi connectivity index (χ1v) is 20.1. The second kappa shape index (κ2) is 21.1. The molecule has 0 aromatic heterocycles. The molecule has 312 valence electrons. The lowest BCUT2D eigenvalue weighted by atomic mass is 10.1. The van der Waals surface area contributed by atoms with Crippen LogP contribution in [0.2, 0.25) is 10.0 Å². The van der Waals surface area contributed by atoms with Gasteiger partial charge in [0.25, 0.3) is 0 Å². The lowest BCUT2D eigenvalue weighted by molar-refractivity contribution is -0.128. The number of ether oxygens (including phenoxy) is 1. The van der Waals surface area contributed by atoms with Gasteiger partial charge in [-0.15, -0.1) is 0 Å². The van der Waals surface area contributed by atoms with Gasteiger partial charge in [-0.2, -0.15) is 0 Å². The molecule has 6 rings (SSSR count). The van der Waals surface area contributed by atoms with Crippen molar-refractivity contribution in [3.05, 3.63) is 141 Å². The van der Waals surface area contributed by atoms with Gasteiger partial charge in [0.2, 0.25) is 11.8 Å². The van der Waals surface area contributed by atoms with Crippen LogP contribution in [0.15, 0.2) is 97.1 Å². The number of nitrogen functional groups attached to an aromatic ring is 1. The predicted octanol–water partition coefficient (Wildman–Crippen LogP) is 8.60. The van der Waals surface area contributed by atoms with Crippen LogP contribution >= 0.6 is 23.2 Å². The summed E-state index contributed by atoms with van der Waals surface area (Å²) in [5.41, 5.74) is 9.82. The topological polar surface area (TPSA) is 111 Å². The molecule has 0 spiro atoms. The van der Waals surface area contributed by atoms with E-state index < -0.39 is 11.7 Å². The maximum absolute atomic E-state index is 13.1. The van der Waals surface area contributed by atoms with Gasteiger partial charge in [0.1, 0.15) is 17.2 Å². The van der Waals surface area contributed by atoms with Crippen molar-refractivity contribution in [1.82, 2.24) is 19.6 Å². The molecule has 2 saturated heterocycles. The van der Waals surface area contributed by atoms with Gasteiger partial charge in [0, 0.05) is 93.3 Å². The summed E-state index contributed by atoms with van der Waals surface area (Å²) in [6.07, 6.45) is 5.84. The SMILES string of the molecule is CC(C)(C)OC(=O)Nc1cc(Cl)ccc1/C=C/C(=O)N1CCN(Cc2ccc(F)cc2)CC1.Nc1cc(Cl)ccc1/C=C/C(=O)N1CCN(Cc2ccc(F)cc2)CC1. The second-order valence-corrected chi connectivity index (χ2v) is 16.1. The van der Waals surface area contributed by atoms with Crippen LogP contribution in [0.4, 0.5) is 25.0 Å². The van der Waals surface area contributed by atoms with Crippen molar-refractivity contribution in [2.45, 2.75) is 39.5 Å². The number of anilines is 2. The number of nitrogens with zero attached hydrogens (tertiary/aromatic N) is 4. The number of halogens is 4. The van der Waals surface area contributed by atoms with Gasteiger partial charge in [-0.25, -0.2) is 13.6 Å². The number of nitrogens with one attached hydrogen (secondary N) is 1. The Morgan fingerprint density at radius 2 is 1.08 bits per heavy atom. The van der Waals surface area contributed by atoms with Crippen molar-refractivity contribution < 1.29 is 27.9 Å². The van der Waals surface area contributed by atoms with Gasteiger partial charge in [0.15, 0.2) is 0 Å². The van der Waals surface area contributed by atoms with E-state index in [0.29, 0.717) is 53.2 Å². The zero-order valence-electron chi connectivity index (χ0n) is 33.5. The van der Waals surface area contributed by atoms with Crippen LogP contribution in [0.5, 0.6) is 0 Å². The van der Waals surface area contributed by atoms with E-state index in [-0.39, 0.29) is 23.4 Å². The zero-order valence-corrected chi connectivity index (χ0v) is 35.0. The average molecular weight is 848 g/mol. The van der Waals surface area contributed by atoms with Crippen LogP contribution in [0.3, 0.4) is 0 Å². The molecule has 4 aromatic carbocycles. The summed E-state index contributed by atoms with van der Waals surface area (Å²) in [6, 6.07) is 23.3. The average Bonchev–Trinajstić information content (AvgIpc) is 3.19. The van der Waals surface area contributed by atoms with Crippen molar-refractivity contribution in [2.24, 2.45) is 0 Å². The quantitative estimate of drug-likeness (QED) is 0.128. The molecule has 2 fully saturated rings. The zero-order chi connectivity index (χ0) is 42.5. The van der Waals surface area contributed by atoms with Crippen molar-refractivity contribution >= 4 is 64.6 Å². The van der Waals surface area contributed by atoms with Crippen LogP contribution < -0.4 is 11.1 Å². The molecule has 0 unspecified atom stereocenters. The van der Waals surface area contributed by atoms with Crippen molar-refractivity contribution in [2.75, 3.05) is 63.4 Å². The first-order chi connectivity index (χ1) is 28.1. The van der Waals surface area contributed by atoms with Crippen LogP contribution in [0, 0.1) is 11.6 Å². The lowest BCUT2D eigenvalue weighted by Gasteiger charge is -2.34. The fraction of sp³-hybridized carbons (Fsp3) is 0.311. The summed E-state index contributed by atoms with van der Waals surface area (Å²) >= 11 is 12.0. The summed E-state index contributed by atoms with van der Waals surface area (Å²) < 4.78 is 31.3. The summed E-state index contributed by atoms with van der Waals surface area (Å²) in [4.78, 5) is 45.3. The third-order valence-corrected chi connectivity index (χ3v) is 9.99. The van der Waals surface area contributed by atoms with Crippen molar-refractivity contribution in [3.8, 4) is 0 Å². The highest BCUT2D eigenvalue weighted by molar-refractivity contribution is 6.31. The van der Waals surface area contributed by atoms with Crippen LogP contribution in [0.1, 0.15) is 43.0 Å². The Labute approximate surface area is 354 Å². The molecule has 0 radical (unpaired) electrons. The Morgan fingerprint density at radius 3 is 1.53 bits per heavy atom. The fourth-order valence-corrected chi connectivity index (χ4v) is 6.73. The van der Waals surface area contributed by atoms with Gasteiger partial charge in [-0.1, -0.05) is 59.6 Å². The number of carbonyl (C=O) groups excluding carboxylic acids is 3. The minimum Gasteiger partial charge on any atom is -0.444 e. The van der Waals surface area contributed by atoms with Crippen LogP contribution in [0.25, 0.3) is 12.2 Å². The molecule has 10 nitrogen and oxygen atoms in total. The highest BCUT2D eigenvalue weighted by Crippen LogP contribution is 2.24. The molecule has 3 amide bonds. The maximum atomic E-state index is 13.1. The number of nitrogens with two attached hydrogens (primary N) is 1. The van der Waals surface area contributed by atoms with Crippen LogP contribution in [-0.2, 0) is 27.4 Å². The predicted molar refractivity (Wildman–Crippen MR) is 232 cm³/mol. The smallest absolute Gasteiger partial charge is 0.412 e. The van der Waals surface area contributed by atoms with Gasteiger partial charge in [-0.05, 0) is 104 Å². The molecule has 0 bridgehead atoms. The number of rotatable bonds is 9. The summed E-state index contributed by atoms with van der Waals surface area (Å²) in [5.74, 6) is -0.598. The summed E-state index contributed by atoms with van der Waals surface area (Å²) in [7, 11) is 0. The van der Waals surface area contributed by atoms with E-state index in [0.717, 1.165) is 56.0 Å². The molecule has 2 heterocycles. The standard InChI is InChI=1S/C25H29ClFN3O3.C20H21ClFN3O/c1-25(2,3)33-24(32)28-22-16-20(26)8-6-19(22)7-11-23(31)30-14-12-29(13-15-30)17-18-4-9-21(27)10-5-18;21-17-5-3-16(19(23)13-17)4-8-20(26)25-11-9-24(10-12-25)14-15-1-6-18(22)7-2-15/h4-11,16H,12-15,17H2,1-3H3,(H,28,32);1-8,13H,9-12,14,23H2/b11-7+;8-4+. The lowest BCUT2D eigenvalue weighted by Crippen LogP contribution is -2.47. The number of benzene rings is 4. The monoisotopic (exact) mass is 846 g/mol. The third kappa shape index (κ3) is 14.8. The molecule has 0 aliphatic carbocycles. The molecule has 2 aliphatic heterocycles. The van der Waals surface area contributed by atoms with E-state index in [4.69, 9.17) is 33.7 Å². The second-order valence-electron chi connectivity index (χ2n) is 15.3.